The lowest BCUT2D eigenvalue weighted by atomic mass is 10.0. The van der Waals surface area contributed by atoms with E-state index in [2.05, 4.69) is 16.0 Å². The summed E-state index contributed by atoms with van der Waals surface area (Å²) in [5.41, 5.74) is 3.53. The van der Waals surface area contributed by atoms with Gasteiger partial charge in [0.05, 0.1) is 5.56 Å². The van der Waals surface area contributed by atoms with Crippen LogP contribution >= 0.6 is 0 Å². The molecule has 3 rings (SSSR count). The molecule has 1 amide bonds. The largest absolute Gasteiger partial charge is 0.352 e. The average molecular weight is 320 g/mol. The first-order valence-corrected chi connectivity index (χ1v) is 8.07. The van der Waals surface area contributed by atoms with Crippen molar-refractivity contribution in [2.75, 3.05) is 31.1 Å². The summed E-state index contributed by atoms with van der Waals surface area (Å²) in [4.78, 5) is 21.1. The van der Waals surface area contributed by atoms with E-state index in [1.165, 1.54) is 0 Å². The van der Waals surface area contributed by atoms with E-state index in [1.54, 1.807) is 18.3 Å². The van der Waals surface area contributed by atoms with E-state index in [4.69, 9.17) is 0 Å². The number of nitrogens with zero attached hydrogens (tertiary/aromatic N) is 4. The average Bonchev–Trinajstić information content (AvgIpc) is 2.63. The van der Waals surface area contributed by atoms with Crippen LogP contribution in [-0.2, 0) is 0 Å². The minimum atomic E-state index is 0.0809. The lowest BCUT2D eigenvalue weighted by Gasteiger charge is -2.36. The Morgan fingerprint density at radius 3 is 2.58 bits per heavy atom. The molecule has 0 radical (unpaired) electrons. The Labute approximate surface area is 142 Å². The van der Waals surface area contributed by atoms with Gasteiger partial charge in [-0.25, -0.2) is 4.98 Å². The van der Waals surface area contributed by atoms with Gasteiger partial charge in [-0.3, -0.25) is 4.79 Å². The van der Waals surface area contributed by atoms with Gasteiger partial charge in [0.1, 0.15) is 11.9 Å². The zero-order valence-corrected chi connectivity index (χ0v) is 14.0. The van der Waals surface area contributed by atoms with E-state index in [1.807, 2.05) is 36.9 Å². The van der Waals surface area contributed by atoms with Crippen molar-refractivity contribution in [3.8, 4) is 6.07 Å². The summed E-state index contributed by atoms with van der Waals surface area (Å²) < 4.78 is 0. The van der Waals surface area contributed by atoms with E-state index in [0.29, 0.717) is 37.6 Å². The van der Waals surface area contributed by atoms with Gasteiger partial charge in [-0.15, -0.1) is 0 Å². The molecule has 1 fully saturated rings. The number of aryl methyl sites for hydroxylation is 1. The van der Waals surface area contributed by atoms with Crippen LogP contribution in [0.4, 0.5) is 5.82 Å². The van der Waals surface area contributed by atoms with Gasteiger partial charge in [0.25, 0.3) is 5.91 Å². The van der Waals surface area contributed by atoms with Crippen LogP contribution in [0, 0.1) is 25.2 Å². The summed E-state index contributed by atoms with van der Waals surface area (Å²) in [6.45, 7) is 6.65. The van der Waals surface area contributed by atoms with Crippen molar-refractivity contribution in [3.63, 3.8) is 0 Å². The summed E-state index contributed by atoms with van der Waals surface area (Å²) >= 11 is 0. The van der Waals surface area contributed by atoms with E-state index in [-0.39, 0.29) is 5.91 Å². The second-order valence-corrected chi connectivity index (χ2v) is 6.01. The fourth-order valence-electron chi connectivity index (χ4n) is 3.01. The van der Waals surface area contributed by atoms with Gasteiger partial charge < -0.3 is 9.80 Å². The lowest BCUT2D eigenvalue weighted by molar-refractivity contribution is 0.0745. The number of carbonyl (C=O) groups excluding carboxylic acids is 1. The molecule has 0 saturated carbocycles. The second kappa shape index (κ2) is 6.71. The zero-order valence-electron chi connectivity index (χ0n) is 14.0. The van der Waals surface area contributed by atoms with Gasteiger partial charge in [0.15, 0.2) is 0 Å². The van der Waals surface area contributed by atoms with Gasteiger partial charge in [-0.2, -0.15) is 5.26 Å². The smallest absolute Gasteiger partial charge is 0.254 e. The number of nitriles is 1. The number of benzene rings is 1. The first-order valence-electron chi connectivity index (χ1n) is 8.07. The molecule has 0 unspecified atom stereocenters. The summed E-state index contributed by atoms with van der Waals surface area (Å²) in [5, 5.41) is 9.21. The predicted molar refractivity (Wildman–Crippen MR) is 93.0 cm³/mol. The first kappa shape index (κ1) is 16.0. The molecule has 2 aromatic rings. The van der Waals surface area contributed by atoms with Gasteiger partial charge in [-0.1, -0.05) is 12.1 Å². The molecule has 24 heavy (non-hydrogen) atoms. The number of anilines is 1. The molecule has 1 aliphatic rings. The SMILES string of the molecule is Cc1cccc(C(=O)N2CCN(c3ncccc3C#N)CC2)c1C. The number of pyridine rings is 1. The van der Waals surface area contributed by atoms with Crippen LogP contribution in [0.2, 0.25) is 0 Å². The van der Waals surface area contributed by atoms with Gasteiger partial charge in [-0.05, 0) is 43.2 Å². The highest BCUT2D eigenvalue weighted by Crippen LogP contribution is 2.20. The van der Waals surface area contributed by atoms with Crippen LogP contribution in [0.3, 0.4) is 0 Å². The molecular formula is C19H20N4O. The minimum Gasteiger partial charge on any atom is -0.352 e. The van der Waals surface area contributed by atoms with Crippen molar-refractivity contribution in [3.05, 3.63) is 58.8 Å². The number of carbonyl (C=O) groups is 1. The van der Waals surface area contributed by atoms with E-state index >= 15 is 0 Å². The summed E-state index contributed by atoms with van der Waals surface area (Å²) in [6, 6.07) is 11.6. The van der Waals surface area contributed by atoms with Crippen molar-refractivity contribution < 1.29 is 4.79 Å². The van der Waals surface area contributed by atoms with Crippen LogP contribution in [-0.4, -0.2) is 42.0 Å². The highest BCUT2D eigenvalue weighted by molar-refractivity contribution is 5.96. The van der Waals surface area contributed by atoms with Crippen molar-refractivity contribution >= 4 is 11.7 Å². The molecule has 2 heterocycles. The molecule has 0 N–H and O–H groups in total. The molecule has 0 bridgehead atoms. The normalized spacial score (nSPS) is 14.4. The number of hydrogen-bond donors (Lipinski definition) is 0. The Morgan fingerprint density at radius 2 is 1.88 bits per heavy atom. The molecule has 1 aliphatic heterocycles. The fourth-order valence-corrected chi connectivity index (χ4v) is 3.01. The standard InChI is InChI=1S/C19H20N4O/c1-14-5-3-7-17(15(14)2)19(24)23-11-9-22(10-12-23)18-16(13-20)6-4-8-21-18/h3-8H,9-12H2,1-2H3. The Balaban J connectivity index is 1.72. The third-order valence-corrected chi connectivity index (χ3v) is 4.61. The quantitative estimate of drug-likeness (QED) is 0.853. The van der Waals surface area contributed by atoms with Crippen molar-refractivity contribution in [2.24, 2.45) is 0 Å². The predicted octanol–water partition coefficient (Wildman–Crippen LogP) is 2.53. The molecule has 0 atom stereocenters. The lowest BCUT2D eigenvalue weighted by Crippen LogP contribution is -2.49. The summed E-state index contributed by atoms with van der Waals surface area (Å²) in [7, 11) is 0. The number of aromatic nitrogens is 1. The molecule has 1 aromatic heterocycles. The van der Waals surface area contributed by atoms with Crippen molar-refractivity contribution in [1.29, 1.82) is 5.26 Å². The van der Waals surface area contributed by atoms with Crippen molar-refractivity contribution in [1.82, 2.24) is 9.88 Å². The molecular weight excluding hydrogens is 300 g/mol. The Kier molecular flexibility index (Phi) is 4.48. The van der Waals surface area contributed by atoms with Gasteiger partial charge >= 0.3 is 0 Å². The number of amides is 1. The maximum absolute atomic E-state index is 12.8. The highest BCUT2D eigenvalue weighted by atomic mass is 16.2. The maximum Gasteiger partial charge on any atom is 0.254 e. The third-order valence-electron chi connectivity index (χ3n) is 4.61. The molecule has 1 aromatic carbocycles. The molecule has 1 saturated heterocycles. The van der Waals surface area contributed by atoms with Crippen LogP contribution in [0.15, 0.2) is 36.5 Å². The summed E-state index contributed by atoms with van der Waals surface area (Å²) in [5.74, 6) is 0.788. The van der Waals surface area contributed by atoms with Crippen LogP contribution in [0.5, 0.6) is 0 Å². The van der Waals surface area contributed by atoms with Gasteiger partial charge in [0, 0.05) is 37.9 Å². The van der Waals surface area contributed by atoms with Crippen LogP contribution in [0.25, 0.3) is 0 Å². The fraction of sp³-hybridized carbons (Fsp3) is 0.316. The maximum atomic E-state index is 12.8. The Morgan fingerprint density at radius 1 is 1.12 bits per heavy atom. The molecule has 0 spiro atoms. The topological polar surface area (TPSA) is 60.2 Å². The number of piperazine rings is 1. The van der Waals surface area contributed by atoms with Gasteiger partial charge in [0.2, 0.25) is 0 Å². The van der Waals surface area contributed by atoms with Crippen LogP contribution < -0.4 is 4.90 Å². The zero-order chi connectivity index (χ0) is 17.1. The Hall–Kier alpha value is -2.87. The Bertz CT molecular complexity index is 801. The molecule has 5 heteroatoms. The van der Waals surface area contributed by atoms with E-state index < -0.39 is 0 Å². The van der Waals surface area contributed by atoms with E-state index in [9.17, 15) is 10.1 Å². The molecule has 122 valence electrons. The molecule has 0 aliphatic carbocycles. The number of rotatable bonds is 2. The van der Waals surface area contributed by atoms with Crippen molar-refractivity contribution in [2.45, 2.75) is 13.8 Å². The van der Waals surface area contributed by atoms with Crippen LogP contribution in [0.1, 0.15) is 27.0 Å². The monoisotopic (exact) mass is 320 g/mol. The number of hydrogen-bond acceptors (Lipinski definition) is 4. The minimum absolute atomic E-state index is 0.0809. The molecule has 5 nitrogen and oxygen atoms in total. The summed E-state index contributed by atoms with van der Waals surface area (Å²) in [6.07, 6.45) is 1.70. The second-order valence-electron chi connectivity index (χ2n) is 6.01. The third kappa shape index (κ3) is 2.95. The van der Waals surface area contributed by atoms with E-state index in [0.717, 1.165) is 16.7 Å². The first-order chi connectivity index (χ1) is 11.6. The highest BCUT2D eigenvalue weighted by Gasteiger charge is 2.25.